The lowest BCUT2D eigenvalue weighted by Crippen LogP contribution is -2.38. The molecule has 1 amide bonds. The van der Waals surface area contributed by atoms with E-state index in [0.29, 0.717) is 5.56 Å². The molecule has 1 aromatic carbocycles. The molecule has 20 heavy (non-hydrogen) atoms. The van der Waals surface area contributed by atoms with Crippen LogP contribution in [0.15, 0.2) is 24.3 Å². The third kappa shape index (κ3) is 4.87. The second-order valence-corrected chi connectivity index (χ2v) is 5.15. The number of methoxy groups -OCH3 is 1. The molecular formula is C14H18FNO4. The first-order valence-electron chi connectivity index (χ1n) is 6.06. The Morgan fingerprint density at radius 2 is 1.75 bits per heavy atom. The summed E-state index contributed by atoms with van der Waals surface area (Å²) in [5, 5.41) is 2.40. The predicted molar refractivity (Wildman–Crippen MR) is 70.5 cm³/mol. The molecule has 1 unspecified atom stereocenters. The Kier molecular flexibility index (Phi) is 5.07. The molecule has 0 spiro atoms. The zero-order chi connectivity index (χ0) is 15.3. The highest BCUT2D eigenvalue weighted by Crippen LogP contribution is 2.16. The third-order valence-electron chi connectivity index (χ3n) is 2.30. The summed E-state index contributed by atoms with van der Waals surface area (Å²) >= 11 is 0. The zero-order valence-electron chi connectivity index (χ0n) is 11.9. The number of nitrogens with one attached hydrogen (secondary N) is 1. The number of amides is 1. The van der Waals surface area contributed by atoms with Gasteiger partial charge in [-0.05, 0) is 38.5 Å². The summed E-state index contributed by atoms with van der Waals surface area (Å²) < 4.78 is 22.6. The van der Waals surface area contributed by atoms with E-state index in [4.69, 9.17) is 4.74 Å². The second kappa shape index (κ2) is 6.36. The van der Waals surface area contributed by atoms with Crippen LogP contribution in [-0.2, 0) is 14.3 Å². The van der Waals surface area contributed by atoms with Gasteiger partial charge in [-0.3, -0.25) is 0 Å². The highest BCUT2D eigenvalue weighted by atomic mass is 19.1. The lowest BCUT2D eigenvalue weighted by atomic mass is 10.1. The number of carbonyl (C=O) groups excluding carboxylic acids is 2. The third-order valence-corrected chi connectivity index (χ3v) is 2.30. The molecule has 6 heteroatoms. The van der Waals surface area contributed by atoms with Crippen LogP contribution in [0.5, 0.6) is 0 Å². The van der Waals surface area contributed by atoms with E-state index in [1.807, 2.05) is 0 Å². The van der Waals surface area contributed by atoms with Gasteiger partial charge in [0, 0.05) is 0 Å². The molecule has 5 nitrogen and oxygen atoms in total. The number of hydrogen-bond donors (Lipinski definition) is 1. The summed E-state index contributed by atoms with van der Waals surface area (Å²) in [5.74, 6) is -1.10. The molecule has 0 heterocycles. The van der Waals surface area contributed by atoms with Gasteiger partial charge in [0.1, 0.15) is 11.4 Å². The van der Waals surface area contributed by atoms with Crippen LogP contribution in [0, 0.1) is 5.82 Å². The Hall–Kier alpha value is -2.11. The second-order valence-electron chi connectivity index (χ2n) is 5.15. The summed E-state index contributed by atoms with van der Waals surface area (Å²) in [7, 11) is 1.20. The maximum absolute atomic E-state index is 12.9. The first-order valence-corrected chi connectivity index (χ1v) is 6.06. The fourth-order valence-corrected chi connectivity index (χ4v) is 1.48. The normalized spacial score (nSPS) is 12.4. The van der Waals surface area contributed by atoms with Crippen LogP contribution in [0.25, 0.3) is 0 Å². The molecule has 1 aromatic rings. The van der Waals surface area contributed by atoms with Crippen LogP contribution in [0.4, 0.5) is 9.18 Å². The van der Waals surface area contributed by atoms with E-state index >= 15 is 0 Å². The highest BCUT2D eigenvalue weighted by molar-refractivity contribution is 5.82. The summed E-state index contributed by atoms with van der Waals surface area (Å²) in [5.41, 5.74) is -0.280. The molecule has 110 valence electrons. The number of hydrogen-bond acceptors (Lipinski definition) is 4. The molecule has 0 aliphatic rings. The molecule has 0 aromatic heterocycles. The number of alkyl carbamates (subject to hydrolysis) is 1. The van der Waals surface area contributed by atoms with Crippen molar-refractivity contribution in [3.05, 3.63) is 35.6 Å². The van der Waals surface area contributed by atoms with Gasteiger partial charge in [0.25, 0.3) is 0 Å². The van der Waals surface area contributed by atoms with Crippen molar-refractivity contribution in [2.24, 2.45) is 0 Å². The van der Waals surface area contributed by atoms with E-state index in [1.165, 1.54) is 31.4 Å². The molecule has 1 atom stereocenters. The fraction of sp³-hybridized carbons (Fsp3) is 0.429. The minimum atomic E-state index is -1.05. The molecular weight excluding hydrogens is 265 g/mol. The van der Waals surface area contributed by atoms with E-state index in [0.717, 1.165) is 0 Å². The van der Waals surface area contributed by atoms with Gasteiger partial charge in [-0.2, -0.15) is 0 Å². The van der Waals surface area contributed by atoms with Gasteiger partial charge in [0.2, 0.25) is 0 Å². The van der Waals surface area contributed by atoms with Crippen LogP contribution >= 0.6 is 0 Å². The SMILES string of the molecule is COC(=O)C(NC(=O)OC(C)(C)C)c1ccc(F)cc1. The largest absolute Gasteiger partial charge is 0.467 e. The Bertz CT molecular complexity index is 479. The number of carbonyl (C=O) groups is 2. The van der Waals surface area contributed by atoms with Crippen LogP contribution in [0.3, 0.4) is 0 Å². The quantitative estimate of drug-likeness (QED) is 0.866. The minimum Gasteiger partial charge on any atom is -0.467 e. The van der Waals surface area contributed by atoms with Gasteiger partial charge in [-0.15, -0.1) is 0 Å². The molecule has 1 N–H and O–H groups in total. The first-order chi connectivity index (χ1) is 9.23. The zero-order valence-corrected chi connectivity index (χ0v) is 11.9. The maximum Gasteiger partial charge on any atom is 0.408 e. The summed E-state index contributed by atoms with van der Waals surface area (Å²) in [4.78, 5) is 23.4. The molecule has 0 radical (unpaired) electrons. The van der Waals surface area contributed by atoms with Crippen molar-refractivity contribution >= 4 is 12.1 Å². The van der Waals surface area contributed by atoms with Crippen molar-refractivity contribution in [1.82, 2.24) is 5.32 Å². The van der Waals surface area contributed by atoms with Crippen molar-refractivity contribution in [3.8, 4) is 0 Å². The van der Waals surface area contributed by atoms with Crippen molar-refractivity contribution in [2.75, 3.05) is 7.11 Å². The van der Waals surface area contributed by atoms with Crippen molar-refractivity contribution in [3.63, 3.8) is 0 Å². The van der Waals surface area contributed by atoms with Gasteiger partial charge in [-0.1, -0.05) is 12.1 Å². The lowest BCUT2D eigenvalue weighted by molar-refractivity contribution is -0.143. The van der Waals surface area contributed by atoms with E-state index < -0.39 is 29.5 Å². The van der Waals surface area contributed by atoms with Gasteiger partial charge in [-0.25, -0.2) is 14.0 Å². The Balaban J connectivity index is 2.88. The number of rotatable bonds is 3. The number of ether oxygens (including phenoxy) is 2. The first kappa shape index (κ1) is 15.9. The van der Waals surface area contributed by atoms with Crippen LogP contribution < -0.4 is 5.32 Å². The molecule has 0 aliphatic heterocycles. The van der Waals surface area contributed by atoms with Gasteiger partial charge >= 0.3 is 12.1 Å². The number of esters is 1. The van der Waals surface area contributed by atoms with Crippen molar-refractivity contribution in [1.29, 1.82) is 0 Å². The molecule has 0 saturated carbocycles. The molecule has 0 saturated heterocycles. The van der Waals surface area contributed by atoms with Crippen molar-refractivity contribution in [2.45, 2.75) is 32.4 Å². The van der Waals surface area contributed by atoms with E-state index in [-0.39, 0.29) is 0 Å². The smallest absolute Gasteiger partial charge is 0.408 e. The average molecular weight is 283 g/mol. The molecule has 0 fully saturated rings. The van der Waals surface area contributed by atoms with Gasteiger partial charge < -0.3 is 14.8 Å². The van der Waals surface area contributed by atoms with E-state index in [2.05, 4.69) is 10.1 Å². The van der Waals surface area contributed by atoms with Gasteiger partial charge in [0.05, 0.1) is 7.11 Å². The Morgan fingerprint density at radius 3 is 2.20 bits per heavy atom. The molecule has 0 bridgehead atoms. The monoisotopic (exact) mass is 283 g/mol. The highest BCUT2D eigenvalue weighted by Gasteiger charge is 2.26. The van der Waals surface area contributed by atoms with Crippen LogP contribution in [0.2, 0.25) is 0 Å². The predicted octanol–water partition coefficient (Wildman–Crippen LogP) is 2.56. The van der Waals surface area contributed by atoms with Crippen LogP contribution in [0.1, 0.15) is 32.4 Å². The maximum atomic E-state index is 12.9. The standard InChI is InChI=1S/C14H18FNO4/c1-14(2,3)20-13(18)16-11(12(17)19-4)9-5-7-10(15)8-6-9/h5-8,11H,1-4H3,(H,16,18). The van der Waals surface area contributed by atoms with E-state index in [9.17, 15) is 14.0 Å². The average Bonchev–Trinajstić information content (AvgIpc) is 2.34. The minimum absolute atomic E-state index is 0.407. The van der Waals surface area contributed by atoms with Crippen LogP contribution in [-0.4, -0.2) is 24.8 Å². The lowest BCUT2D eigenvalue weighted by Gasteiger charge is -2.22. The Morgan fingerprint density at radius 1 is 1.20 bits per heavy atom. The molecule has 0 aliphatic carbocycles. The summed E-state index contributed by atoms with van der Waals surface area (Å²) in [6.07, 6.45) is -0.753. The fourth-order valence-electron chi connectivity index (χ4n) is 1.48. The van der Waals surface area contributed by atoms with Gasteiger partial charge in [0.15, 0.2) is 6.04 Å². The summed E-state index contributed by atoms with van der Waals surface area (Å²) in [6, 6.07) is 4.14. The topological polar surface area (TPSA) is 64.6 Å². The summed E-state index contributed by atoms with van der Waals surface area (Å²) in [6.45, 7) is 5.12. The van der Waals surface area contributed by atoms with Crippen molar-refractivity contribution < 1.29 is 23.5 Å². The Labute approximate surface area is 117 Å². The number of halogens is 1. The van der Waals surface area contributed by atoms with E-state index in [1.54, 1.807) is 20.8 Å². The number of benzene rings is 1. The molecule has 1 rings (SSSR count).